The lowest BCUT2D eigenvalue weighted by Crippen LogP contribution is -2.57. The highest BCUT2D eigenvalue weighted by atomic mass is 19.1. The normalized spacial score (nSPS) is 13.2. The molecule has 0 bridgehead atoms. The molecule has 0 saturated heterocycles. The van der Waals surface area contributed by atoms with Crippen molar-refractivity contribution in [3.05, 3.63) is 39.7 Å². The van der Waals surface area contributed by atoms with Gasteiger partial charge in [-0.2, -0.15) is 0 Å². The number of esters is 2. The maximum atomic E-state index is 14.7. The third-order valence-corrected chi connectivity index (χ3v) is 7.18. The van der Waals surface area contributed by atoms with E-state index in [1.807, 2.05) is 0 Å². The molecule has 3 unspecified atom stereocenters. The minimum absolute atomic E-state index is 0.106. The number of amides is 5. The first-order chi connectivity index (χ1) is 26.2. The van der Waals surface area contributed by atoms with E-state index in [1.165, 1.54) is 0 Å². The summed E-state index contributed by atoms with van der Waals surface area (Å²) in [6, 6.07) is -2.24. The van der Waals surface area contributed by atoms with E-state index in [2.05, 4.69) is 26.6 Å². The quantitative estimate of drug-likeness (QED) is 0.0364. The van der Waals surface area contributed by atoms with Crippen LogP contribution in [0.25, 0.3) is 0 Å². The second-order valence-corrected chi connectivity index (χ2v) is 15.9. The number of aliphatic hydroxyl groups is 1. The number of ether oxygens (including phenoxy) is 3. The molecule has 57 heavy (non-hydrogen) atoms. The minimum atomic E-state index is -1.63. The third-order valence-electron chi connectivity index (χ3n) is 7.18. The van der Waals surface area contributed by atoms with Gasteiger partial charge in [-0.25, -0.2) is 9.18 Å². The van der Waals surface area contributed by atoms with E-state index >= 15 is 0 Å². The van der Waals surface area contributed by atoms with Crippen molar-refractivity contribution < 1.29 is 62.2 Å². The number of carbonyl (C=O) groups is 7. The van der Waals surface area contributed by atoms with Crippen LogP contribution in [-0.4, -0.2) is 106 Å². The molecule has 0 aliphatic rings. The van der Waals surface area contributed by atoms with Crippen molar-refractivity contribution in [3.63, 3.8) is 0 Å². The van der Waals surface area contributed by atoms with Gasteiger partial charge in [-0.1, -0.05) is 0 Å². The van der Waals surface area contributed by atoms with Crippen molar-refractivity contribution in [1.29, 1.82) is 0 Å². The van der Waals surface area contributed by atoms with Crippen LogP contribution in [0.3, 0.4) is 0 Å². The van der Waals surface area contributed by atoms with Crippen molar-refractivity contribution in [1.82, 2.24) is 26.6 Å². The molecule has 1 aromatic rings. The summed E-state index contributed by atoms with van der Waals surface area (Å²) in [6.07, 6.45) is -1.47. The number of benzene rings is 1. The van der Waals surface area contributed by atoms with Crippen LogP contribution >= 0.6 is 0 Å². The lowest BCUT2D eigenvalue weighted by atomic mass is 10.0. The zero-order chi connectivity index (χ0) is 43.7. The molecule has 20 heteroatoms. The van der Waals surface area contributed by atoms with Gasteiger partial charge in [0.05, 0.1) is 10.5 Å². The Morgan fingerprint density at radius 1 is 0.719 bits per heavy atom. The molecule has 0 radical (unpaired) electrons. The number of nitrogens with one attached hydrogen (secondary N) is 5. The Hall–Kier alpha value is -5.40. The summed E-state index contributed by atoms with van der Waals surface area (Å²) in [4.78, 5) is 101. The summed E-state index contributed by atoms with van der Waals surface area (Å²) in [5.74, 6) is -6.70. The van der Waals surface area contributed by atoms with Gasteiger partial charge in [-0.05, 0) is 100 Å². The van der Waals surface area contributed by atoms with E-state index in [-0.39, 0.29) is 32.2 Å². The highest BCUT2D eigenvalue weighted by Gasteiger charge is 2.32. The summed E-state index contributed by atoms with van der Waals surface area (Å²) < 4.78 is 30.4. The number of unbranched alkanes of at least 4 members (excludes halogenated alkanes) is 1. The molecule has 6 N–H and O–H groups in total. The van der Waals surface area contributed by atoms with E-state index in [1.54, 1.807) is 62.3 Å². The molecule has 1 rings (SSSR count). The van der Waals surface area contributed by atoms with Gasteiger partial charge in [0.2, 0.25) is 17.7 Å². The van der Waals surface area contributed by atoms with Crippen LogP contribution in [0.2, 0.25) is 0 Å². The van der Waals surface area contributed by atoms with Crippen LogP contribution in [0.5, 0.6) is 0 Å². The molecule has 0 aromatic heterocycles. The van der Waals surface area contributed by atoms with E-state index in [4.69, 9.17) is 14.2 Å². The van der Waals surface area contributed by atoms with Gasteiger partial charge in [-0.3, -0.25) is 38.9 Å². The van der Waals surface area contributed by atoms with Gasteiger partial charge in [0.15, 0.2) is 0 Å². The molecule has 0 fully saturated rings. The number of alkyl carbamates (subject to hydrolysis) is 1. The zero-order valence-electron chi connectivity index (χ0n) is 34.0. The van der Waals surface area contributed by atoms with E-state index in [0.717, 1.165) is 6.07 Å². The van der Waals surface area contributed by atoms with Gasteiger partial charge < -0.3 is 45.9 Å². The number of non-ortho nitro benzene ring substituents is 1. The molecule has 0 heterocycles. The summed E-state index contributed by atoms with van der Waals surface area (Å²) in [6.45, 7) is 13.8. The maximum absolute atomic E-state index is 14.7. The Morgan fingerprint density at radius 2 is 1.25 bits per heavy atom. The molecule has 5 amide bonds. The number of carbonyl (C=O) groups excluding carboxylic acids is 7. The fourth-order valence-corrected chi connectivity index (χ4v) is 4.81. The van der Waals surface area contributed by atoms with E-state index in [9.17, 15) is 53.2 Å². The highest BCUT2D eigenvalue weighted by Crippen LogP contribution is 2.18. The number of nitro benzene ring substituents is 1. The second kappa shape index (κ2) is 22.4. The molecule has 0 spiro atoms. The van der Waals surface area contributed by atoms with Gasteiger partial charge >= 0.3 is 18.0 Å². The molecule has 0 aliphatic heterocycles. The molecule has 320 valence electrons. The summed E-state index contributed by atoms with van der Waals surface area (Å²) in [5, 5.41) is 33.0. The van der Waals surface area contributed by atoms with Crippen molar-refractivity contribution in [2.24, 2.45) is 0 Å². The lowest BCUT2D eigenvalue weighted by molar-refractivity contribution is -0.384. The smallest absolute Gasteiger partial charge is 0.407 e. The fraction of sp³-hybridized carbons (Fsp3) is 0.649. The average molecular weight is 813 g/mol. The van der Waals surface area contributed by atoms with Crippen molar-refractivity contribution >= 4 is 47.3 Å². The molecule has 1 aromatic carbocycles. The first-order valence-electron chi connectivity index (χ1n) is 18.4. The number of nitro groups is 1. The molecular formula is C37H57FN6O13. The Bertz CT molecular complexity index is 1600. The van der Waals surface area contributed by atoms with Gasteiger partial charge in [0, 0.05) is 31.7 Å². The van der Waals surface area contributed by atoms with Gasteiger partial charge in [0.25, 0.3) is 11.6 Å². The Balaban J connectivity index is 3.37. The van der Waals surface area contributed by atoms with Crippen LogP contribution in [0.4, 0.5) is 14.9 Å². The molecule has 19 nitrogen and oxygen atoms in total. The Kier molecular flexibility index (Phi) is 19.5. The van der Waals surface area contributed by atoms with Crippen molar-refractivity contribution in [2.45, 2.75) is 136 Å². The van der Waals surface area contributed by atoms with Crippen molar-refractivity contribution in [2.75, 3.05) is 19.7 Å². The first kappa shape index (κ1) is 49.6. The van der Waals surface area contributed by atoms with Crippen molar-refractivity contribution in [3.8, 4) is 0 Å². The highest BCUT2D eigenvalue weighted by molar-refractivity contribution is 5.99. The fourth-order valence-electron chi connectivity index (χ4n) is 4.81. The summed E-state index contributed by atoms with van der Waals surface area (Å²) in [5.41, 5.74) is -3.88. The summed E-state index contributed by atoms with van der Waals surface area (Å²) >= 11 is 0. The van der Waals surface area contributed by atoms with Crippen LogP contribution in [-0.2, 0) is 38.2 Å². The number of aliphatic hydroxyl groups excluding tert-OH is 1. The molecule has 3 atom stereocenters. The zero-order valence-corrected chi connectivity index (χ0v) is 34.0. The van der Waals surface area contributed by atoms with E-state index in [0.29, 0.717) is 12.1 Å². The van der Waals surface area contributed by atoms with Crippen LogP contribution in [0, 0.1) is 15.9 Å². The monoisotopic (exact) mass is 812 g/mol. The van der Waals surface area contributed by atoms with E-state index < -0.39 is 125 Å². The standard InChI is InChI=1S/C37H57FN6O13/c1-35(2,3)55-28(46)16-15-26(41-30(48)23-20-22(44(53)54)13-14-24(23)38)33(51)42-25(12-10-11-18-39-34(52)57-37(7,8)9)32(50)43-27(17-19-45)31(49)40-21-29(47)56-36(4,5)6/h13-14,20,25-27,45H,10-12,15-19,21H2,1-9H3,(H,39,52)(H,40,49)(H,41,48)(H,42,51)(H,43,50). The minimum Gasteiger partial charge on any atom is -0.460 e. The number of halogens is 1. The molecular weight excluding hydrogens is 755 g/mol. The maximum Gasteiger partial charge on any atom is 0.407 e. The second-order valence-electron chi connectivity index (χ2n) is 15.9. The van der Waals surface area contributed by atoms with Crippen LogP contribution in [0.15, 0.2) is 18.2 Å². The third kappa shape index (κ3) is 20.9. The largest absolute Gasteiger partial charge is 0.460 e. The Morgan fingerprint density at radius 3 is 1.77 bits per heavy atom. The van der Waals surface area contributed by atoms with Gasteiger partial charge in [-0.15, -0.1) is 0 Å². The summed E-state index contributed by atoms with van der Waals surface area (Å²) in [7, 11) is 0. The predicted octanol–water partition coefficient (Wildman–Crippen LogP) is 2.46. The first-order valence-corrected chi connectivity index (χ1v) is 18.4. The molecule has 0 aliphatic carbocycles. The SMILES string of the molecule is CC(C)(C)OC(=O)CCC(NC(=O)c1cc([N+](=O)[O-])ccc1F)C(=O)NC(CCCCNC(=O)OC(C)(C)C)C(=O)NC(CCO)C(=O)NCC(=O)OC(C)(C)C. The van der Waals surface area contributed by atoms with Crippen LogP contribution in [0.1, 0.15) is 111 Å². The molecule has 0 saturated carbocycles. The topological polar surface area (TPSA) is 271 Å². The number of hydrogen-bond acceptors (Lipinski definition) is 13. The Labute approximate surface area is 331 Å². The average Bonchev–Trinajstić information content (AvgIpc) is 3.05. The van der Waals surface area contributed by atoms with Gasteiger partial charge in [0.1, 0.15) is 47.3 Å². The van der Waals surface area contributed by atoms with Crippen LogP contribution < -0.4 is 26.6 Å². The predicted molar refractivity (Wildman–Crippen MR) is 202 cm³/mol. The number of rotatable bonds is 20. The number of nitrogens with zero attached hydrogens (tertiary/aromatic N) is 1. The lowest BCUT2D eigenvalue weighted by Gasteiger charge is -2.26. The number of hydrogen-bond donors (Lipinski definition) is 6.